The number of hydrogen-bond donors (Lipinski definition) is 1. The second kappa shape index (κ2) is 10.2. The fourth-order valence-corrected chi connectivity index (χ4v) is 3.58. The Kier molecular flexibility index (Phi) is 7.90. The second-order valence-electron chi connectivity index (χ2n) is 6.00. The molecule has 0 aliphatic rings. The van der Waals surface area contributed by atoms with Crippen LogP contribution in [-0.4, -0.2) is 54.7 Å². The summed E-state index contributed by atoms with van der Waals surface area (Å²) in [5, 5.41) is 4.22. The summed E-state index contributed by atoms with van der Waals surface area (Å²) in [5.74, 6) is 0.637. The van der Waals surface area contributed by atoms with Crippen molar-refractivity contribution in [3.8, 4) is 17.2 Å². The zero-order valence-electron chi connectivity index (χ0n) is 16.9. The molecule has 30 heavy (non-hydrogen) atoms. The highest BCUT2D eigenvalue weighted by molar-refractivity contribution is 7.92. The van der Waals surface area contributed by atoms with E-state index >= 15 is 0 Å². The number of anilines is 1. The van der Waals surface area contributed by atoms with Gasteiger partial charge in [0.1, 0.15) is 6.54 Å². The lowest BCUT2D eigenvalue weighted by atomic mass is 10.2. The van der Waals surface area contributed by atoms with Crippen LogP contribution < -0.4 is 23.9 Å². The van der Waals surface area contributed by atoms with Crippen LogP contribution in [0.4, 0.5) is 5.69 Å². The second-order valence-corrected chi connectivity index (χ2v) is 8.34. The number of carbonyl (C=O) groups excluding carboxylic acids is 1. The molecule has 0 aromatic heterocycles. The number of nitrogens with zero attached hydrogens (tertiary/aromatic N) is 2. The SMILES string of the molecule is COc1cc(/C=N\NC(=O)CN(c2cccc(Cl)c2)S(C)(=O)=O)cc(OC)c1OC. The van der Waals surface area contributed by atoms with Gasteiger partial charge in [0.25, 0.3) is 5.91 Å². The van der Waals surface area contributed by atoms with Gasteiger partial charge in [0.15, 0.2) is 11.5 Å². The number of sulfonamides is 1. The summed E-state index contributed by atoms with van der Waals surface area (Å²) in [6, 6.07) is 9.48. The molecular formula is C19H22ClN3O6S. The standard InChI is InChI=1S/C19H22ClN3O6S/c1-27-16-8-13(9-17(28-2)19(16)29-3)11-21-22-18(24)12-23(30(4,25)26)15-7-5-6-14(20)10-15/h5-11H,12H2,1-4H3,(H,22,24)/b21-11-. The maximum Gasteiger partial charge on any atom is 0.260 e. The smallest absolute Gasteiger partial charge is 0.260 e. The van der Waals surface area contributed by atoms with E-state index in [2.05, 4.69) is 10.5 Å². The highest BCUT2D eigenvalue weighted by atomic mass is 35.5. The summed E-state index contributed by atoms with van der Waals surface area (Å²) in [6.07, 6.45) is 2.37. The Morgan fingerprint density at radius 3 is 2.27 bits per heavy atom. The van der Waals surface area contributed by atoms with Crippen molar-refractivity contribution in [1.29, 1.82) is 0 Å². The highest BCUT2D eigenvalue weighted by Gasteiger charge is 2.21. The monoisotopic (exact) mass is 455 g/mol. The number of amides is 1. The van der Waals surface area contributed by atoms with Gasteiger partial charge in [-0.05, 0) is 30.3 Å². The lowest BCUT2D eigenvalue weighted by Crippen LogP contribution is -2.39. The average molecular weight is 456 g/mol. The Hall–Kier alpha value is -2.98. The van der Waals surface area contributed by atoms with Crippen LogP contribution in [0.25, 0.3) is 0 Å². The lowest BCUT2D eigenvalue weighted by molar-refractivity contribution is -0.119. The number of ether oxygens (including phenoxy) is 3. The van der Waals surface area contributed by atoms with Crippen LogP contribution in [0.15, 0.2) is 41.5 Å². The van der Waals surface area contributed by atoms with Crippen LogP contribution >= 0.6 is 11.6 Å². The van der Waals surface area contributed by atoms with Gasteiger partial charge in [0, 0.05) is 10.6 Å². The van der Waals surface area contributed by atoms with Gasteiger partial charge in [-0.25, -0.2) is 13.8 Å². The molecule has 2 aromatic carbocycles. The van der Waals surface area contributed by atoms with E-state index in [4.69, 9.17) is 25.8 Å². The molecule has 0 spiro atoms. The van der Waals surface area contributed by atoms with Crippen molar-refractivity contribution < 1.29 is 27.4 Å². The summed E-state index contributed by atoms with van der Waals surface area (Å²) in [6.45, 7) is -0.466. The topological polar surface area (TPSA) is 107 Å². The quantitative estimate of drug-likeness (QED) is 0.459. The van der Waals surface area contributed by atoms with Gasteiger partial charge in [0.05, 0.1) is 39.5 Å². The Morgan fingerprint density at radius 2 is 1.77 bits per heavy atom. The minimum Gasteiger partial charge on any atom is -0.493 e. The van der Waals surface area contributed by atoms with E-state index < -0.39 is 22.5 Å². The van der Waals surface area contributed by atoms with Crippen LogP contribution in [-0.2, 0) is 14.8 Å². The minimum absolute atomic E-state index is 0.272. The van der Waals surface area contributed by atoms with Crippen molar-refractivity contribution >= 4 is 39.4 Å². The molecule has 0 aliphatic carbocycles. The molecule has 0 aliphatic heterocycles. The summed E-state index contributed by atoms with van der Waals surface area (Å²) in [7, 11) is 0.734. The fraction of sp³-hybridized carbons (Fsp3) is 0.263. The molecule has 0 radical (unpaired) electrons. The number of hydrazone groups is 1. The molecule has 0 unspecified atom stereocenters. The molecule has 11 heteroatoms. The fourth-order valence-electron chi connectivity index (χ4n) is 2.55. The molecule has 9 nitrogen and oxygen atoms in total. The van der Waals surface area contributed by atoms with Crippen LogP contribution in [0, 0.1) is 0 Å². The summed E-state index contributed by atoms with van der Waals surface area (Å²) in [5.41, 5.74) is 3.14. The van der Waals surface area contributed by atoms with Crippen molar-refractivity contribution in [2.24, 2.45) is 5.10 Å². The number of carbonyl (C=O) groups is 1. The third-order valence-electron chi connectivity index (χ3n) is 3.87. The van der Waals surface area contributed by atoms with E-state index in [1.54, 1.807) is 30.3 Å². The van der Waals surface area contributed by atoms with Crippen molar-refractivity contribution in [1.82, 2.24) is 5.43 Å². The van der Waals surface area contributed by atoms with Gasteiger partial charge in [-0.2, -0.15) is 5.10 Å². The first-order valence-corrected chi connectivity index (χ1v) is 10.8. The van der Waals surface area contributed by atoms with Crippen molar-refractivity contribution in [2.75, 3.05) is 38.4 Å². The molecule has 0 saturated carbocycles. The third-order valence-corrected chi connectivity index (χ3v) is 5.25. The zero-order chi connectivity index (χ0) is 22.3. The molecule has 0 fully saturated rings. The largest absolute Gasteiger partial charge is 0.493 e. The summed E-state index contributed by atoms with van der Waals surface area (Å²) >= 11 is 5.92. The Balaban J connectivity index is 2.15. The molecule has 1 amide bonds. The summed E-state index contributed by atoms with van der Waals surface area (Å²) in [4.78, 5) is 12.3. The number of rotatable bonds is 9. The lowest BCUT2D eigenvalue weighted by Gasteiger charge is -2.21. The molecule has 0 bridgehead atoms. The van der Waals surface area contributed by atoms with Gasteiger partial charge in [0.2, 0.25) is 15.8 Å². The Bertz CT molecular complexity index is 1020. The molecule has 2 rings (SSSR count). The van der Waals surface area contributed by atoms with Crippen LogP contribution in [0.1, 0.15) is 5.56 Å². The minimum atomic E-state index is -3.72. The first-order chi connectivity index (χ1) is 14.2. The zero-order valence-corrected chi connectivity index (χ0v) is 18.5. The Morgan fingerprint density at radius 1 is 1.13 bits per heavy atom. The van der Waals surface area contributed by atoms with E-state index in [-0.39, 0.29) is 5.69 Å². The number of methoxy groups -OCH3 is 3. The first-order valence-electron chi connectivity index (χ1n) is 8.54. The van der Waals surface area contributed by atoms with Crippen molar-refractivity contribution in [2.45, 2.75) is 0 Å². The van der Waals surface area contributed by atoms with E-state index in [9.17, 15) is 13.2 Å². The highest BCUT2D eigenvalue weighted by Crippen LogP contribution is 2.37. The maximum absolute atomic E-state index is 12.3. The van der Waals surface area contributed by atoms with Crippen LogP contribution in [0.5, 0.6) is 17.2 Å². The van der Waals surface area contributed by atoms with E-state index in [0.29, 0.717) is 27.8 Å². The number of halogens is 1. The van der Waals surface area contributed by atoms with E-state index in [0.717, 1.165) is 10.6 Å². The average Bonchev–Trinajstić information content (AvgIpc) is 2.70. The van der Waals surface area contributed by atoms with Gasteiger partial charge in [-0.1, -0.05) is 17.7 Å². The molecule has 0 atom stereocenters. The van der Waals surface area contributed by atoms with Crippen LogP contribution in [0.2, 0.25) is 5.02 Å². The normalized spacial score (nSPS) is 11.2. The molecule has 1 N–H and O–H groups in total. The molecular weight excluding hydrogens is 434 g/mol. The van der Waals surface area contributed by atoms with Gasteiger partial charge >= 0.3 is 0 Å². The van der Waals surface area contributed by atoms with Crippen LogP contribution in [0.3, 0.4) is 0 Å². The number of hydrogen-bond acceptors (Lipinski definition) is 7. The maximum atomic E-state index is 12.3. The predicted molar refractivity (Wildman–Crippen MR) is 115 cm³/mol. The first kappa shape index (κ1) is 23.3. The molecule has 0 saturated heterocycles. The molecule has 162 valence electrons. The molecule has 0 heterocycles. The van der Waals surface area contributed by atoms with E-state index in [1.165, 1.54) is 33.6 Å². The van der Waals surface area contributed by atoms with Crippen molar-refractivity contribution in [3.63, 3.8) is 0 Å². The van der Waals surface area contributed by atoms with Gasteiger partial charge in [-0.15, -0.1) is 0 Å². The predicted octanol–water partition coefficient (Wildman–Crippen LogP) is 2.28. The van der Waals surface area contributed by atoms with Crippen molar-refractivity contribution in [3.05, 3.63) is 47.0 Å². The summed E-state index contributed by atoms with van der Waals surface area (Å²) < 4.78 is 40.9. The Labute approximate surface area is 180 Å². The van der Waals surface area contributed by atoms with E-state index in [1.807, 2.05) is 0 Å². The number of benzene rings is 2. The van der Waals surface area contributed by atoms with Gasteiger partial charge < -0.3 is 14.2 Å². The number of nitrogens with one attached hydrogen (secondary N) is 1. The molecule has 2 aromatic rings. The third kappa shape index (κ3) is 6.01. The van der Waals surface area contributed by atoms with Gasteiger partial charge in [-0.3, -0.25) is 9.10 Å².